The molecular weight excluding hydrogens is 170 g/mol. The molecule has 0 radical (unpaired) electrons. The molecule has 1 aromatic rings. The van der Waals surface area contributed by atoms with E-state index in [9.17, 15) is 4.79 Å². The first-order chi connectivity index (χ1) is 6.31. The number of carbonyl (C=O) groups excluding carboxylic acids is 1. The summed E-state index contributed by atoms with van der Waals surface area (Å²) in [5.41, 5.74) is 1.68. The van der Waals surface area contributed by atoms with Crippen LogP contribution in [0.1, 0.15) is 12.2 Å². The summed E-state index contributed by atoms with van der Waals surface area (Å²) in [5.74, 6) is 0.577. The van der Waals surface area contributed by atoms with Crippen LogP contribution in [0, 0.1) is 5.92 Å². The third-order valence-electron chi connectivity index (χ3n) is 2.42. The maximum atomic E-state index is 11.1. The summed E-state index contributed by atoms with van der Waals surface area (Å²) in [6.07, 6.45) is 5.13. The van der Waals surface area contributed by atoms with Gasteiger partial charge in [-0.15, -0.1) is 0 Å². The molecule has 0 saturated carbocycles. The minimum absolute atomic E-state index is 0.133. The average Bonchev–Trinajstić information content (AvgIpc) is 2.63. The van der Waals surface area contributed by atoms with Crippen LogP contribution < -0.4 is 5.48 Å². The van der Waals surface area contributed by atoms with E-state index in [4.69, 9.17) is 5.21 Å². The Kier molecular flexibility index (Phi) is 2.02. The van der Waals surface area contributed by atoms with Crippen LogP contribution in [0.15, 0.2) is 12.4 Å². The van der Waals surface area contributed by atoms with Crippen molar-refractivity contribution in [1.29, 1.82) is 0 Å². The van der Waals surface area contributed by atoms with Crippen molar-refractivity contribution in [2.24, 2.45) is 5.92 Å². The zero-order valence-electron chi connectivity index (χ0n) is 7.10. The van der Waals surface area contributed by atoms with Gasteiger partial charge in [-0.05, 0) is 6.42 Å². The van der Waals surface area contributed by atoms with E-state index in [1.54, 1.807) is 11.7 Å². The number of nitrogens with zero attached hydrogens (tertiary/aromatic N) is 2. The Morgan fingerprint density at radius 3 is 3.38 bits per heavy atom. The Morgan fingerprint density at radius 2 is 2.62 bits per heavy atom. The Bertz CT molecular complexity index is 321. The van der Waals surface area contributed by atoms with Gasteiger partial charge in [-0.1, -0.05) is 0 Å². The topological polar surface area (TPSA) is 67.2 Å². The summed E-state index contributed by atoms with van der Waals surface area (Å²) >= 11 is 0. The summed E-state index contributed by atoms with van der Waals surface area (Å²) in [6.45, 7) is 0.613. The van der Waals surface area contributed by atoms with Gasteiger partial charge in [0, 0.05) is 25.4 Å². The minimum Gasteiger partial charge on any atom is -0.334 e. The highest BCUT2D eigenvalue weighted by molar-refractivity contribution is 5.77. The smallest absolute Gasteiger partial charge is 0.248 e. The van der Waals surface area contributed by atoms with Crippen LogP contribution >= 0.6 is 0 Å². The number of nitrogens with one attached hydrogen (secondary N) is 1. The van der Waals surface area contributed by atoms with E-state index in [2.05, 4.69) is 4.98 Å². The van der Waals surface area contributed by atoms with Gasteiger partial charge in [-0.25, -0.2) is 10.5 Å². The molecule has 2 N–H and O–H groups in total. The number of aromatic nitrogens is 2. The largest absolute Gasteiger partial charge is 0.334 e. The first-order valence-electron chi connectivity index (χ1n) is 4.25. The molecule has 1 aromatic heterocycles. The van der Waals surface area contributed by atoms with Gasteiger partial charge in [-0.2, -0.15) is 0 Å². The van der Waals surface area contributed by atoms with Crippen molar-refractivity contribution in [2.75, 3.05) is 0 Å². The van der Waals surface area contributed by atoms with Crippen LogP contribution in [0.4, 0.5) is 0 Å². The lowest BCUT2D eigenvalue weighted by atomic mass is 9.99. The van der Waals surface area contributed by atoms with Crippen molar-refractivity contribution in [3.05, 3.63) is 18.2 Å². The number of hydrogen-bond donors (Lipinski definition) is 2. The molecule has 0 fully saturated rings. The van der Waals surface area contributed by atoms with Crippen molar-refractivity contribution in [3.63, 3.8) is 0 Å². The van der Waals surface area contributed by atoms with Crippen LogP contribution in [0.5, 0.6) is 0 Å². The molecule has 1 unspecified atom stereocenters. The quantitative estimate of drug-likeness (QED) is 0.471. The second-order valence-electron chi connectivity index (χ2n) is 3.21. The Balaban J connectivity index is 2.13. The lowest BCUT2D eigenvalue weighted by Gasteiger charge is -2.21. The molecule has 13 heavy (non-hydrogen) atoms. The average molecular weight is 181 g/mol. The van der Waals surface area contributed by atoms with E-state index in [-0.39, 0.29) is 11.8 Å². The van der Waals surface area contributed by atoms with Gasteiger partial charge in [0.1, 0.15) is 5.82 Å². The monoisotopic (exact) mass is 181 g/mol. The maximum Gasteiger partial charge on any atom is 0.248 e. The molecule has 0 aliphatic carbocycles. The van der Waals surface area contributed by atoms with Gasteiger partial charge in [-0.3, -0.25) is 10.0 Å². The highest BCUT2D eigenvalue weighted by Gasteiger charge is 2.24. The summed E-state index contributed by atoms with van der Waals surface area (Å²) in [4.78, 5) is 15.2. The second-order valence-corrected chi connectivity index (χ2v) is 3.21. The highest BCUT2D eigenvalue weighted by Crippen LogP contribution is 2.18. The molecule has 1 aliphatic rings. The van der Waals surface area contributed by atoms with E-state index >= 15 is 0 Å². The predicted octanol–water partition coefficient (Wildman–Crippen LogP) is -0.0491. The first kappa shape index (κ1) is 8.25. The summed E-state index contributed by atoms with van der Waals surface area (Å²) in [5, 5.41) is 8.46. The van der Waals surface area contributed by atoms with Crippen LogP contribution in [0.25, 0.3) is 0 Å². The van der Waals surface area contributed by atoms with Crippen molar-refractivity contribution in [3.8, 4) is 0 Å². The van der Waals surface area contributed by atoms with Crippen LogP contribution in [0.2, 0.25) is 0 Å². The second kappa shape index (κ2) is 3.18. The fourth-order valence-electron chi connectivity index (χ4n) is 1.67. The van der Waals surface area contributed by atoms with Gasteiger partial charge in [0.05, 0.1) is 5.92 Å². The molecule has 0 bridgehead atoms. The molecule has 1 aliphatic heterocycles. The van der Waals surface area contributed by atoms with Gasteiger partial charge < -0.3 is 4.57 Å². The van der Waals surface area contributed by atoms with Crippen LogP contribution in [-0.2, 0) is 17.8 Å². The van der Waals surface area contributed by atoms with E-state index in [1.807, 2.05) is 10.8 Å². The molecule has 5 heteroatoms. The summed E-state index contributed by atoms with van der Waals surface area (Å²) < 4.78 is 1.95. The Labute approximate surface area is 75.3 Å². The number of hydroxylamine groups is 1. The van der Waals surface area contributed by atoms with Crippen molar-refractivity contribution >= 4 is 5.91 Å². The number of imidazole rings is 1. The Morgan fingerprint density at radius 1 is 1.77 bits per heavy atom. The lowest BCUT2D eigenvalue weighted by molar-refractivity contribution is -0.134. The third-order valence-corrected chi connectivity index (χ3v) is 2.42. The number of carbonyl (C=O) groups is 1. The third kappa shape index (κ3) is 1.42. The zero-order chi connectivity index (χ0) is 9.26. The van der Waals surface area contributed by atoms with Gasteiger partial charge in [0.25, 0.3) is 0 Å². The summed E-state index contributed by atoms with van der Waals surface area (Å²) in [6, 6.07) is 0. The van der Waals surface area contributed by atoms with Gasteiger partial charge in [0.15, 0.2) is 0 Å². The van der Waals surface area contributed by atoms with Crippen LogP contribution in [0.3, 0.4) is 0 Å². The van der Waals surface area contributed by atoms with E-state index in [1.165, 1.54) is 0 Å². The predicted molar refractivity (Wildman–Crippen MR) is 44.0 cm³/mol. The maximum absolute atomic E-state index is 11.1. The molecule has 2 heterocycles. The first-order valence-corrected chi connectivity index (χ1v) is 4.25. The van der Waals surface area contributed by atoms with Crippen molar-refractivity contribution in [1.82, 2.24) is 15.0 Å². The molecule has 2 rings (SSSR count). The van der Waals surface area contributed by atoms with Gasteiger partial charge in [0.2, 0.25) is 5.91 Å². The Hall–Kier alpha value is -1.36. The zero-order valence-corrected chi connectivity index (χ0v) is 7.10. The van der Waals surface area contributed by atoms with Crippen molar-refractivity contribution < 1.29 is 10.0 Å². The number of fused-ring (bicyclic) bond motifs is 1. The number of hydrogen-bond acceptors (Lipinski definition) is 3. The summed E-state index contributed by atoms with van der Waals surface area (Å²) in [7, 11) is 0. The van der Waals surface area contributed by atoms with Crippen molar-refractivity contribution in [2.45, 2.75) is 19.4 Å². The van der Waals surface area contributed by atoms with E-state index in [0.717, 1.165) is 18.7 Å². The lowest BCUT2D eigenvalue weighted by Crippen LogP contribution is -2.34. The normalized spacial score (nSPS) is 20.8. The fourth-order valence-corrected chi connectivity index (χ4v) is 1.67. The molecular formula is C8H11N3O2. The number of amides is 1. The SMILES string of the molecule is O=C(NO)C1CCc2nccn2C1. The molecule has 5 nitrogen and oxygen atoms in total. The van der Waals surface area contributed by atoms with E-state index < -0.39 is 0 Å². The molecule has 0 spiro atoms. The standard InChI is InChI=1S/C8H11N3O2/c12-8(10-13)6-1-2-7-9-3-4-11(7)5-6/h3-4,6,13H,1-2,5H2,(H,10,12). The number of rotatable bonds is 1. The molecule has 1 amide bonds. The minimum atomic E-state index is -0.306. The van der Waals surface area contributed by atoms with Crippen LogP contribution in [-0.4, -0.2) is 20.7 Å². The van der Waals surface area contributed by atoms with Gasteiger partial charge >= 0.3 is 0 Å². The highest BCUT2D eigenvalue weighted by atomic mass is 16.5. The molecule has 70 valence electrons. The molecule has 1 atom stereocenters. The fraction of sp³-hybridized carbons (Fsp3) is 0.500. The van der Waals surface area contributed by atoms with E-state index in [0.29, 0.717) is 6.54 Å². The molecule has 0 saturated heterocycles. The molecule has 0 aromatic carbocycles. The number of aryl methyl sites for hydroxylation is 1.